The van der Waals surface area contributed by atoms with Crippen molar-refractivity contribution in [1.29, 1.82) is 0 Å². The Hall–Kier alpha value is -3.35. The van der Waals surface area contributed by atoms with Gasteiger partial charge in [0.25, 0.3) is 5.91 Å². The maximum atomic E-state index is 12.7. The Morgan fingerprint density at radius 1 is 1.14 bits per heavy atom. The molecule has 2 amide bonds. The van der Waals surface area contributed by atoms with Crippen molar-refractivity contribution in [3.8, 4) is 5.75 Å². The summed E-state index contributed by atoms with van der Waals surface area (Å²) in [6.07, 6.45) is 0.158. The first-order chi connectivity index (χ1) is 13.4. The van der Waals surface area contributed by atoms with Crippen LogP contribution in [-0.4, -0.2) is 37.0 Å². The zero-order chi connectivity index (χ0) is 20.1. The average Bonchev–Trinajstić information content (AvgIpc) is 2.78. The Morgan fingerprint density at radius 2 is 1.93 bits per heavy atom. The number of ether oxygens (including phenoxy) is 2. The highest BCUT2D eigenvalue weighted by atomic mass is 16.6. The maximum absolute atomic E-state index is 12.7. The van der Waals surface area contributed by atoms with E-state index in [9.17, 15) is 14.4 Å². The highest BCUT2D eigenvalue weighted by Gasteiger charge is 2.30. The van der Waals surface area contributed by atoms with Gasteiger partial charge < -0.3 is 19.7 Å². The Bertz CT molecular complexity index is 896. The molecule has 0 spiro atoms. The van der Waals surface area contributed by atoms with E-state index in [0.717, 1.165) is 5.56 Å². The van der Waals surface area contributed by atoms with Crippen LogP contribution in [0.5, 0.6) is 5.75 Å². The van der Waals surface area contributed by atoms with Crippen LogP contribution in [0.25, 0.3) is 0 Å². The molecule has 28 heavy (non-hydrogen) atoms. The van der Waals surface area contributed by atoms with Gasteiger partial charge in [0.1, 0.15) is 5.75 Å². The number of fused-ring (bicyclic) bond motifs is 1. The molecule has 0 radical (unpaired) electrons. The number of nitrogens with one attached hydrogen (secondary N) is 1. The molecule has 1 heterocycles. The van der Waals surface area contributed by atoms with Crippen molar-refractivity contribution in [1.82, 2.24) is 0 Å². The molecule has 1 aliphatic heterocycles. The van der Waals surface area contributed by atoms with Crippen LogP contribution in [0.4, 0.5) is 11.4 Å². The summed E-state index contributed by atoms with van der Waals surface area (Å²) in [5.74, 6) is -0.651. The molecule has 7 heteroatoms. The molecule has 3 rings (SSSR count). The number of carbonyl (C=O) groups excluding carboxylic acids is 3. The smallest absolute Gasteiger partial charge is 0.344 e. The molecule has 1 N–H and O–H groups in total. The highest BCUT2D eigenvalue weighted by Crippen LogP contribution is 2.31. The van der Waals surface area contributed by atoms with Crippen LogP contribution < -0.4 is 15.0 Å². The minimum atomic E-state index is -0.639. The summed E-state index contributed by atoms with van der Waals surface area (Å²) in [6, 6.07) is 14.0. The highest BCUT2D eigenvalue weighted by molar-refractivity contribution is 6.05. The van der Waals surface area contributed by atoms with Crippen LogP contribution in [0.2, 0.25) is 0 Å². The quantitative estimate of drug-likeness (QED) is 0.804. The van der Waals surface area contributed by atoms with Gasteiger partial charge in [0.15, 0.2) is 13.2 Å². The first kappa shape index (κ1) is 19.4. The lowest BCUT2D eigenvalue weighted by atomic mass is 10.1. The lowest BCUT2D eigenvalue weighted by Crippen LogP contribution is -2.41. The minimum absolute atomic E-state index is 0.158. The van der Waals surface area contributed by atoms with E-state index >= 15 is 0 Å². The molecule has 7 nitrogen and oxygen atoms in total. The Balaban J connectivity index is 1.60. The van der Waals surface area contributed by atoms with Gasteiger partial charge in [-0.3, -0.25) is 9.59 Å². The Labute approximate surface area is 163 Å². The number of para-hydroxylation sites is 2. The lowest BCUT2D eigenvalue weighted by molar-refractivity contribution is -0.149. The summed E-state index contributed by atoms with van der Waals surface area (Å²) in [6.45, 7) is 2.98. The number of aryl methyl sites for hydroxylation is 1. The SMILES string of the molecule is Cc1cccc(OCC(=O)OCC(=O)N2c3ccccc3NC(=O)C[C@@H]2C)c1. The Kier molecular flexibility index (Phi) is 5.93. The number of hydrogen-bond acceptors (Lipinski definition) is 5. The molecule has 1 atom stereocenters. The van der Waals surface area contributed by atoms with Gasteiger partial charge in [-0.05, 0) is 43.7 Å². The van der Waals surface area contributed by atoms with Crippen LogP contribution in [0, 0.1) is 6.92 Å². The third-order valence-electron chi connectivity index (χ3n) is 4.33. The Morgan fingerprint density at radius 3 is 2.71 bits per heavy atom. The molecular weight excluding hydrogens is 360 g/mol. The largest absolute Gasteiger partial charge is 0.482 e. The summed E-state index contributed by atoms with van der Waals surface area (Å²) in [5.41, 5.74) is 2.15. The number of carbonyl (C=O) groups is 3. The number of amides is 2. The third-order valence-corrected chi connectivity index (χ3v) is 4.33. The number of nitrogens with zero attached hydrogens (tertiary/aromatic N) is 1. The van der Waals surface area contributed by atoms with E-state index in [1.165, 1.54) is 4.90 Å². The van der Waals surface area contributed by atoms with Crippen LogP contribution in [0.1, 0.15) is 18.9 Å². The van der Waals surface area contributed by atoms with Gasteiger partial charge in [-0.2, -0.15) is 0 Å². The molecule has 0 saturated heterocycles. The van der Waals surface area contributed by atoms with Gasteiger partial charge >= 0.3 is 5.97 Å². The second-order valence-electron chi connectivity index (χ2n) is 6.65. The molecule has 2 aromatic rings. The summed E-state index contributed by atoms with van der Waals surface area (Å²) < 4.78 is 10.5. The van der Waals surface area contributed by atoms with Gasteiger partial charge in [-0.1, -0.05) is 24.3 Å². The fraction of sp³-hybridized carbons (Fsp3) is 0.286. The molecule has 1 aliphatic rings. The van der Waals surface area contributed by atoms with E-state index in [4.69, 9.17) is 9.47 Å². The number of benzene rings is 2. The van der Waals surface area contributed by atoms with Crippen molar-refractivity contribution < 1.29 is 23.9 Å². The maximum Gasteiger partial charge on any atom is 0.344 e. The predicted octanol–water partition coefficient (Wildman–Crippen LogP) is 2.68. The molecule has 0 fully saturated rings. The van der Waals surface area contributed by atoms with Gasteiger partial charge in [-0.15, -0.1) is 0 Å². The number of rotatable bonds is 5. The molecule has 2 aromatic carbocycles. The average molecular weight is 382 g/mol. The second kappa shape index (κ2) is 8.56. The molecule has 0 unspecified atom stereocenters. The standard InChI is InChI=1S/C21H22N2O5/c1-14-6-5-7-16(10-14)27-13-21(26)28-12-20(25)23-15(2)11-19(24)22-17-8-3-4-9-18(17)23/h3-10,15H,11-13H2,1-2H3,(H,22,24)/t15-/m0/s1. The molecule has 0 aromatic heterocycles. The summed E-state index contributed by atoms with van der Waals surface area (Å²) in [4.78, 5) is 38.1. The van der Waals surface area contributed by atoms with Gasteiger partial charge in [0.2, 0.25) is 5.91 Å². The summed E-state index contributed by atoms with van der Waals surface area (Å²) in [5, 5.41) is 2.78. The topological polar surface area (TPSA) is 84.9 Å². The van der Waals surface area contributed by atoms with Crippen LogP contribution in [-0.2, 0) is 19.1 Å². The predicted molar refractivity (Wildman–Crippen MR) is 104 cm³/mol. The minimum Gasteiger partial charge on any atom is -0.482 e. The lowest BCUT2D eigenvalue weighted by Gasteiger charge is -2.27. The second-order valence-corrected chi connectivity index (χ2v) is 6.65. The normalized spacial score (nSPS) is 15.9. The van der Waals surface area contributed by atoms with E-state index in [1.54, 1.807) is 43.3 Å². The van der Waals surface area contributed by atoms with Crippen molar-refractivity contribution in [2.24, 2.45) is 0 Å². The van der Waals surface area contributed by atoms with E-state index in [1.807, 2.05) is 19.1 Å². The van der Waals surface area contributed by atoms with Crippen molar-refractivity contribution in [3.63, 3.8) is 0 Å². The summed E-state index contributed by atoms with van der Waals surface area (Å²) >= 11 is 0. The van der Waals surface area contributed by atoms with Crippen molar-refractivity contribution in [2.45, 2.75) is 26.3 Å². The molecular formula is C21H22N2O5. The third kappa shape index (κ3) is 4.68. The zero-order valence-electron chi connectivity index (χ0n) is 15.8. The fourth-order valence-electron chi connectivity index (χ4n) is 3.07. The van der Waals surface area contributed by atoms with E-state index < -0.39 is 18.5 Å². The van der Waals surface area contributed by atoms with Gasteiger partial charge in [0, 0.05) is 12.5 Å². The number of anilines is 2. The molecule has 146 valence electrons. The van der Waals surface area contributed by atoms with Crippen LogP contribution in [0.15, 0.2) is 48.5 Å². The van der Waals surface area contributed by atoms with Crippen molar-refractivity contribution in [3.05, 3.63) is 54.1 Å². The molecule has 0 aliphatic carbocycles. The molecule has 0 bridgehead atoms. The monoisotopic (exact) mass is 382 g/mol. The van der Waals surface area contributed by atoms with E-state index in [2.05, 4.69) is 5.32 Å². The number of hydrogen-bond donors (Lipinski definition) is 1. The van der Waals surface area contributed by atoms with Gasteiger partial charge in [-0.25, -0.2) is 4.79 Å². The van der Waals surface area contributed by atoms with Crippen LogP contribution >= 0.6 is 0 Å². The summed E-state index contributed by atoms with van der Waals surface area (Å²) in [7, 11) is 0. The zero-order valence-corrected chi connectivity index (χ0v) is 15.8. The van der Waals surface area contributed by atoms with E-state index in [-0.39, 0.29) is 25.0 Å². The first-order valence-electron chi connectivity index (χ1n) is 9.00. The van der Waals surface area contributed by atoms with E-state index in [0.29, 0.717) is 17.1 Å². The number of esters is 1. The molecule has 0 saturated carbocycles. The van der Waals surface area contributed by atoms with Crippen molar-refractivity contribution >= 4 is 29.2 Å². The van der Waals surface area contributed by atoms with Crippen molar-refractivity contribution in [2.75, 3.05) is 23.4 Å². The van der Waals surface area contributed by atoms with Crippen LogP contribution in [0.3, 0.4) is 0 Å². The van der Waals surface area contributed by atoms with Gasteiger partial charge in [0.05, 0.1) is 11.4 Å². The first-order valence-corrected chi connectivity index (χ1v) is 9.00. The fourth-order valence-corrected chi connectivity index (χ4v) is 3.07.